The number of alkyl halides is 3. The highest BCUT2D eigenvalue weighted by Gasteiger charge is 2.36. The van der Waals surface area contributed by atoms with Gasteiger partial charge in [0.2, 0.25) is 10.0 Å². The number of piperazine rings is 1. The van der Waals surface area contributed by atoms with Gasteiger partial charge in [-0.05, 0) is 24.3 Å². The van der Waals surface area contributed by atoms with Crippen molar-refractivity contribution >= 4 is 27.5 Å². The molecule has 1 aromatic carbocycles. The molecule has 1 aliphatic heterocycles. The molecule has 0 saturated carbocycles. The van der Waals surface area contributed by atoms with Crippen LogP contribution in [0.25, 0.3) is 0 Å². The van der Waals surface area contributed by atoms with Gasteiger partial charge >= 0.3 is 6.36 Å². The average Bonchev–Trinajstić information content (AvgIpc) is 2.79. The van der Waals surface area contributed by atoms with Gasteiger partial charge in [0, 0.05) is 38.4 Å². The largest absolute Gasteiger partial charge is 0.573 e. The van der Waals surface area contributed by atoms with Crippen molar-refractivity contribution in [3.05, 3.63) is 61.1 Å². The molecule has 3 aromatic rings. The average molecular weight is 480 g/mol. The molecular formula is C20H19F3N6O3S. The van der Waals surface area contributed by atoms with Crippen LogP contribution < -0.4 is 15.0 Å². The fourth-order valence-corrected chi connectivity index (χ4v) is 4.86. The maximum Gasteiger partial charge on any atom is 0.573 e. The quantitative estimate of drug-likeness (QED) is 0.575. The molecule has 1 saturated heterocycles. The summed E-state index contributed by atoms with van der Waals surface area (Å²) in [7, 11) is -4.19. The first-order valence-electron chi connectivity index (χ1n) is 9.82. The normalized spacial score (nSPS) is 15.3. The van der Waals surface area contributed by atoms with Gasteiger partial charge in [-0.1, -0.05) is 18.2 Å². The Bertz CT molecular complexity index is 1200. The summed E-state index contributed by atoms with van der Waals surface area (Å²) in [4.78, 5) is 13.9. The highest BCUT2D eigenvalue weighted by Crippen LogP contribution is 2.32. The van der Waals surface area contributed by atoms with Gasteiger partial charge in [0.05, 0.1) is 0 Å². The van der Waals surface area contributed by atoms with Gasteiger partial charge < -0.3 is 15.0 Å². The molecule has 1 N–H and O–H groups in total. The van der Waals surface area contributed by atoms with Gasteiger partial charge in [0.15, 0.2) is 0 Å². The van der Waals surface area contributed by atoms with Crippen LogP contribution in [0.4, 0.5) is 30.6 Å². The molecule has 13 heteroatoms. The van der Waals surface area contributed by atoms with Gasteiger partial charge in [-0.2, -0.15) is 4.31 Å². The SMILES string of the molecule is O=S(=O)(c1ccccc1OC(F)(F)F)N1CCN(c2cc(Nc3ccccn3)ncn2)CC1. The smallest absolute Gasteiger partial charge is 0.404 e. The second-order valence-corrected chi connectivity index (χ2v) is 8.89. The van der Waals surface area contributed by atoms with Crippen molar-refractivity contribution in [2.24, 2.45) is 0 Å². The third kappa shape index (κ3) is 5.49. The lowest BCUT2D eigenvalue weighted by molar-refractivity contribution is -0.275. The lowest BCUT2D eigenvalue weighted by atomic mass is 10.3. The molecule has 0 amide bonds. The number of halogens is 3. The number of nitrogens with one attached hydrogen (secondary N) is 1. The van der Waals surface area contributed by atoms with Crippen LogP contribution in [0.1, 0.15) is 0 Å². The number of aromatic nitrogens is 3. The highest BCUT2D eigenvalue weighted by atomic mass is 32.2. The zero-order valence-electron chi connectivity index (χ0n) is 17.1. The molecule has 0 aliphatic carbocycles. The van der Waals surface area contributed by atoms with E-state index in [0.29, 0.717) is 30.5 Å². The molecular weight excluding hydrogens is 461 g/mol. The van der Waals surface area contributed by atoms with Gasteiger partial charge in [0.25, 0.3) is 0 Å². The minimum absolute atomic E-state index is 0.0652. The van der Waals surface area contributed by atoms with E-state index in [9.17, 15) is 21.6 Å². The summed E-state index contributed by atoms with van der Waals surface area (Å²) >= 11 is 0. The van der Waals surface area contributed by atoms with Crippen molar-refractivity contribution in [3.63, 3.8) is 0 Å². The first-order chi connectivity index (χ1) is 15.7. The summed E-state index contributed by atoms with van der Waals surface area (Å²) in [5.41, 5.74) is 0. The summed E-state index contributed by atoms with van der Waals surface area (Å²) in [5.74, 6) is 0.958. The van der Waals surface area contributed by atoms with E-state index in [-0.39, 0.29) is 13.1 Å². The Morgan fingerprint density at radius 1 is 0.909 bits per heavy atom. The number of para-hydroxylation sites is 1. The summed E-state index contributed by atoms with van der Waals surface area (Å²) in [6.45, 7) is 0.717. The topological polar surface area (TPSA) is 101 Å². The first kappa shape index (κ1) is 22.7. The molecule has 9 nitrogen and oxygen atoms in total. The Morgan fingerprint density at radius 2 is 1.64 bits per heavy atom. The first-order valence-corrected chi connectivity index (χ1v) is 11.3. The van der Waals surface area contributed by atoms with E-state index in [1.165, 1.54) is 18.5 Å². The van der Waals surface area contributed by atoms with Crippen molar-refractivity contribution in [1.82, 2.24) is 19.3 Å². The van der Waals surface area contributed by atoms with Crippen LogP contribution in [-0.4, -0.2) is 60.2 Å². The fraction of sp³-hybridized carbons (Fsp3) is 0.250. The lowest BCUT2D eigenvalue weighted by Gasteiger charge is -2.34. The van der Waals surface area contributed by atoms with Crippen LogP contribution in [-0.2, 0) is 10.0 Å². The van der Waals surface area contributed by atoms with E-state index in [1.54, 1.807) is 24.4 Å². The Morgan fingerprint density at radius 3 is 2.33 bits per heavy atom. The Kier molecular flexibility index (Phi) is 6.33. The van der Waals surface area contributed by atoms with Crippen LogP contribution in [0.15, 0.2) is 66.0 Å². The van der Waals surface area contributed by atoms with E-state index in [2.05, 4.69) is 25.0 Å². The minimum atomic E-state index is -5.00. The van der Waals surface area contributed by atoms with E-state index in [4.69, 9.17) is 0 Å². The number of rotatable bonds is 6. The lowest BCUT2D eigenvalue weighted by Crippen LogP contribution is -2.49. The second-order valence-electron chi connectivity index (χ2n) is 6.99. The zero-order chi connectivity index (χ0) is 23.5. The van der Waals surface area contributed by atoms with Gasteiger partial charge in [-0.25, -0.2) is 23.4 Å². The predicted molar refractivity (Wildman–Crippen MR) is 114 cm³/mol. The highest BCUT2D eigenvalue weighted by molar-refractivity contribution is 7.89. The van der Waals surface area contributed by atoms with Gasteiger partial charge in [0.1, 0.15) is 34.4 Å². The molecule has 0 radical (unpaired) electrons. The second kappa shape index (κ2) is 9.19. The summed E-state index contributed by atoms with van der Waals surface area (Å²) in [5, 5.41) is 3.06. The van der Waals surface area contributed by atoms with E-state index < -0.39 is 27.0 Å². The number of nitrogens with zero attached hydrogens (tertiary/aromatic N) is 5. The molecule has 0 bridgehead atoms. The number of sulfonamides is 1. The maximum absolute atomic E-state index is 13.0. The number of pyridine rings is 1. The Hall–Kier alpha value is -3.45. The minimum Gasteiger partial charge on any atom is -0.404 e. The molecule has 0 atom stereocenters. The molecule has 4 rings (SSSR count). The summed E-state index contributed by atoms with van der Waals surface area (Å²) in [6, 6.07) is 11.8. The molecule has 3 heterocycles. The third-order valence-corrected chi connectivity index (χ3v) is 6.77. The van der Waals surface area contributed by atoms with Crippen molar-refractivity contribution in [2.45, 2.75) is 11.3 Å². The zero-order valence-corrected chi connectivity index (χ0v) is 17.9. The standard InChI is InChI=1S/C20H19F3N6O3S/c21-20(22,23)32-15-5-1-2-6-16(15)33(30,31)29-11-9-28(10-12-29)19-13-18(25-14-26-19)27-17-7-3-4-8-24-17/h1-8,13-14H,9-12H2,(H,24,25,26,27). The van der Waals surface area contributed by atoms with E-state index in [0.717, 1.165) is 16.4 Å². The van der Waals surface area contributed by atoms with Crippen molar-refractivity contribution < 1.29 is 26.3 Å². The van der Waals surface area contributed by atoms with Crippen molar-refractivity contribution in [2.75, 3.05) is 36.4 Å². The maximum atomic E-state index is 13.0. The molecule has 0 unspecified atom stereocenters. The third-order valence-electron chi connectivity index (χ3n) is 4.83. The number of anilines is 3. The molecule has 0 spiro atoms. The number of ether oxygens (including phenoxy) is 1. The monoisotopic (exact) mass is 480 g/mol. The Labute approximate surface area is 187 Å². The predicted octanol–water partition coefficient (Wildman–Crippen LogP) is 3.02. The van der Waals surface area contributed by atoms with Crippen molar-refractivity contribution in [3.8, 4) is 5.75 Å². The van der Waals surface area contributed by atoms with Crippen LogP contribution in [0.2, 0.25) is 0 Å². The van der Waals surface area contributed by atoms with E-state index >= 15 is 0 Å². The van der Waals surface area contributed by atoms with Crippen LogP contribution in [0.5, 0.6) is 5.75 Å². The summed E-state index contributed by atoms with van der Waals surface area (Å²) in [6.07, 6.45) is -1.98. The molecule has 33 heavy (non-hydrogen) atoms. The van der Waals surface area contributed by atoms with Crippen LogP contribution >= 0.6 is 0 Å². The number of benzene rings is 1. The number of hydrogen-bond donors (Lipinski definition) is 1. The van der Waals surface area contributed by atoms with Crippen LogP contribution in [0.3, 0.4) is 0 Å². The number of hydrogen-bond acceptors (Lipinski definition) is 8. The fourth-order valence-electron chi connectivity index (χ4n) is 3.33. The van der Waals surface area contributed by atoms with E-state index in [1.807, 2.05) is 11.0 Å². The Balaban J connectivity index is 1.46. The molecule has 174 valence electrons. The van der Waals surface area contributed by atoms with Crippen LogP contribution in [0, 0.1) is 0 Å². The molecule has 2 aromatic heterocycles. The summed E-state index contributed by atoms with van der Waals surface area (Å²) < 4.78 is 69.2. The van der Waals surface area contributed by atoms with Gasteiger partial charge in [-0.3, -0.25) is 0 Å². The van der Waals surface area contributed by atoms with Gasteiger partial charge in [-0.15, -0.1) is 13.2 Å². The molecule has 1 fully saturated rings. The molecule has 1 aliphatic rings. The van der Waals surface area contributed by atoms with Crippen molar-refractivity contribution in [1.29, 1.82) is 0 Å².